The van der Waals surface area contributed by atoms with E-state index in [1.54, 1.807) is 4.90 Å². The van der Waals surface area contributed by atoms with E-state index in [1.807, 2.05) is 24.3 Å². The average Bonchev–Trinajstić information content (AvgIpc) is 2.56. The van der Waals surface area contributed by atoms with E-state index in [1.165, 1.54) is 0 Å². The quantitative estimate of drug-likeness (QED) is 0.659. The molecule has 0 saturated carbocycles. The molecule has 0 aliphatic carbocycles. The summed E-state index contributed by atoms with van der Waals surface area (Å²) in [6, 6.07) is 7.77. The number of benzene rings is 1. The van der Waals surface area contributed by atoms with Crippen LogP contribution in [-0.4, -0.2) is 43.9 Å². The van der Waals surface area contributed by atoms with Gasteiger partial charge in [0.25, 0.3) is 0 Å². The standard InChI is InChI=1S/C15H20N4O3/c16-8-13(20)17-9-14(21)18-10-15(22)19-7-3-5-11-4-1-2-6-12(11)19/h1-2,4,6H,3,5,7-10,16H2,(H,17,20)(H,18,21). The predicted molar refractivity (Wildman–Crippen MR) is 82.2 cm³/mol. The Balaban J connectivity index is 1.86. The summed E-state index contributed by atoms with van der Waals surface area (Å²) in [6.07, 6.45) is 1.86. The maximum absolute atomic E-state index is 12.3. The van der Waals surface area contributed by atoms with Crippen LogP contribution in [0.4, 0.5) is 5.69 Å². The van der Waals surface area contributed by atoms with Crippen LogP contribution in [0, 0.1) is 0 Å². The normalized spacial score (nSPS) is 13.2. The van der Waals surface area contributed by atoms with Crippen molar-refractivity contribution in [1.82, 2.24) is 10.6 Å². The fourth-order valence-electron chi connectivity index (χ4n) is 2.38. The number of nitrogens with zero attached hydrogens (tertiary/aromatic N) is 1. The van der Waals surface area contributed by atoms with Gasteiger partial charge in [0, 0.05) is 12.2 Å². The van der Waals surface area contributed by atoms with Crippen molar-refractivity contribution in [3.05, 3.63) is 29.8 Å². The molecular weight excluding hydrogens is 284 g/mol. The second-order valence-corrected chi connectivity index (χ2v) is 5.04. The van der Waals surface area contributed by atoms with Gasteiger partial charge in [-0.3, -0.25) is 14.4 Å². The zero-order chi connectivity index (χ0) is 15.9. The fraction of sp³-hybridized carbons (Fsp3) is 0.400. The van der Waals surface area contributed by atoms with Gasteiger partial charge in [0.1, 0.15) is 0 Å². The van der Waals surface area contributed by atoms with Crippen LogP contribution in [-0.2, 0) is 20.8 Å². The third-order valence-corrected chi connectivity index (χ3v) is 3.48. The first-order valence-corrected chi connectivity index (χ1v) is 7.23. The molecule has 0 radical (unpaired) electrons. The van der Waals surface area contributed by atoms with E-state index >= 15 is 0 Å². The van der Waals surface area contributed by atoms with Crippen LogP contribution in [0.2, 0.25) is 0 Å². The van der Waals surface area contributed by atoms with Gasteiger partial charge in [0.2, 0.25) is 17.7 Å². The lowest BCUT2D eigenvalue weighted by Gasteiger charge is -2.29. The zero-order valence-electron chi connectivity index (χ0n) is 12.3. The number of fused-ring (bicyclic) bond motifs is 1. The second kappa shape index (κ2) is 7.56. The predicted octanol–water partition coefficient (Wildman–Crippen LogP) is -0.843. The van der Waals surface area contributed by atoms with Gasteiger partial charge < -0.3 is 21.3 Å². The van der Waals surface area contributed by atoms with Crippen molar-refractivity contribution in [3.8, 4) is 0 Å². The number of amides is 3. The number of carbonyl (C=O) groups excluding carboxylic acids is 3. The number of rotatable bonds is 5. The lowest BCUT2D eigenvalue weighted by Crippen LogP contribution is -2.45. The minimum atomic E-state index is -0.416. The molecule has 22 heavy (non-hydrogen) atoms. The number of para-hydroxylation sites is 1. The van der Waals surface area contributed by atoms with Crippen LogP contribution < -0.4 is 21.3 Å². The van der Waals surface area contributed by atoms with E-state index in [4.69, 9.17) is 5.73 Å². The van der Waals surface area contributed by atoms with Gasteiger partial charge in [-0.1, -0.05) is 18.2 Å². The van der Waals surface area contributed by atoms with E-state index in [0.717, 1.165) is 24.1 Å². The molecule has 0 saturated heterocycles. The number of hydrogen-bond donors (Lipinski definition) is 3. The van der Waals surface area contributed by atoms with Crippen LogP contribution in [0.3, 0.4) is 0 Å². The molecule has 1 aromatic carbocycles. The molecule has 4 N–H and O–H groups in total. The van der Waals surface area contributed by atoms with Crippen molar-refractivity contribution in [3.63, 3.8) is 0 Å². The SMILES string of the molecule is NCC(=O)NCC(=O)NCC(=O)N1CCCc2ccccc21. The highest BCUT2D eigenvalue weighted by Crippen LogP contribution is 2.26. The highest BCUT2D eigenvalue weighted by atomic mass is 16.2. The molecule has 0 spiro atoms. The maximum atomic E-state index is 12.3. The van der Waals surface area contributed by atoms with E-state index in [9.17, 15) is 14.4 Å². The van der Waals surface area contributed by atoms with Gasteiger partial charge in [0.15, 0.2) is 0 Å². The zero-order valence-corrected chi connectivity index (χ0v) is 12.3. The summed E-state index contributed by atoms with van der Waals surface area (Å²) in [5.41, 5.74) is 7.17. The molecule has 0 bridgehead atoms. The Morgan fingerprint density at radius 3 is 2.59 bits per heavy atom. The summed E-state index contributed by atoms with van der Waals surface area (Å²) in [5.74, 6) is -0.988. The minimum Gasteiger partial charge on any atom is -0.346 e. The molecule has 7 heteroatoms. The van der Waals surface area contributed by atoms with Crippen LogP contribution in [0.25, 0.3) is 0 Å². The first-order chi connectivity index (χ1) is 10.6. The summed E-state index contributed by atoms with van der Waals surface area (Å²) in [5, 5.41) is 4.85. The Morgan fingerprint density at radius 1 is 1.09 bits per heavy atom. The topological polar surface area (TPSA) is 105 Å². The summed E-state index contributed by atoms with van der Waals surface area (Å²) < 4.78 is 0. The second-order valence-electron chi connectivity index (χ2n) is 5.04. The van der Waals surface area contributed by atoms with Crippen LogP contribution in [0.1, 0.15) is 12.0 Å². The molecular formula is C15H20N4O3. The summed E-state index contributed by atoms with van der Waals surface area (Å²) in [4.78, 5) is 36.5. The maximum Gasteiger partial charge on any atom is 0.246 e. The van der Waals surface area contributed by atoms with Crippen LogP contribution in [0.5, 0.6) is 0 Å². The van der Waals surface area contributed by atoms with Crippen molar-refractivity contribution in [2.24, 2.45) is 5.73 Å². The third kappa shape index (κ3) is 4.05. The number of anilines is 1. The highest BCUT2D eigenvalue weighted by Gasteiger charge is 2.22. The van der Waals surface area contributed by atoms with Gasteiger partial charge in [-0.2, -0.15) is 0 Å². The Bertz CT molecular complexity index is 574. The molecule has 7 nitrogen and oxygen atoms in total. The molecule has 1 heterocycles. The first kappa shape index (κ1) is 16.0. The highest BCUT2D eigenvalue weighted by molar-refractivity contribution is 5.98. The number of nitrogens with one attached hydrogen (secondary N) is 2. The lowest BCUT2D eigenvalue weighted by atomic mass is 10.0. The van der Waals surface area contributed by atoms with Gasteiger partial charge in [-0.05, 0) is 24.5 Å². The smallest absolute Gasteiger partial charge is 0.246 e. The fourth-order valence-corrected chi connectivity index (χ4v) is 2.38. The summed E-state index contributed by atoms with van der Waals surface area (Å²) >= 11 is 0. The Morgan fingerprint density at radius 2 is 1.82 bits per heavy atom. The van der Waals surface area contributed by atoms with Gasteiger partial charge in [-0.25, -0.2) is 0 Å². The van der Waals surface area contributed by atoms with E-state index < -0.39 is 11.8 Å². The molecule has 118 valence electrons. The Kier molecular flexibility index (Phi) is 5.48. The van der Waals surface area contributed by atoms with Crippen molar-refractivity contribution >= 4 is 23.4 Å². The van der Waals surface area contributed by atoms with Crippen LogP contribution >= 0.6 is 0 Å². The molecule has 0 unspecified atom stereocenters. The Labute approximate surface area is 128 Å². The minimum absolute atomic E-state index is 0.0916. The van der Waals surface area contributed by atoms with E-state index in [2.05, 4.69) is 10.6 Å². The molecule has 2 rings (SSSR count). The number of carbonyl (C=O) groups is 3. The van der Waals surface area contributed by atoms with E-state index in [-0.39, 0.29) is 25.5 Å². The number of aryl methyl sites for hydroxylation is 1. The van der Waals surface area contributed by atoms with Gasteiger partial charge >= 0.3 is 0 Å². The van der Waals surface area contributed by atoms with Crippen LogP contribution in [0.15, 0.2) is 24.3 Å². The molecule has 1 aromatic rings. The molecule has 0 aromatic heterocycles. The summed E-state index contributed by atoms with van der Waals surface area (Å²) in [6.45, 7) is 0.206. The van der Waals surface area contributed by atoms with Crippen molar-refractivity contribution in [1.29, 1.82) is 0 Å². The molecule has 1 aliphatic heterocycles. The molecule has 0 fully saturated rings. The molecule has 1 aliphatic rings. The summed E-state index contributed by atoms with van der Waals surface area (Å²) in [7, 11) is 0. The first-order valence-electron chi connectivity index (χ1n) is 7.23. The molecule has 3 amide bonds. The van der Waals surface area contributed by atoms with E-state index in [0.29, 0.717) is 6.54 Å². The lowest BCUT2D eigenvalue weighted by molar-refractivity contribution is -0.126. The number of hydrogen-bond acceptors (Lipinski definition) is 4. The third-order valence-electron chi connectivity index (χ3n) is 3.48. The Hall–Kier alpha value is -2.41. The van der Waals surface area contributed by atoms with Gasteiger partial charge in [-0.15, -0.1) is 0 Å². The van der Waals surface area contributed by atoms with Gasteiger partial charge in [0.05, 0.1) is 19.6 Å². The molecule has 0 atom stereocenters. The largest absolute Gasteiger partial charge is 0.346 e. The van der Waals surface area contributed by atoms with Crippen molar-refractivity contribution in [2.45, 2.75) is 12.8 Å². The average molecular weight is 304 g/mol. The van der Waals surface area contributed by atoms with Crippen molar-refractivity contribution in [2.75, 3.05) is 31.1 Å². The monoisotopic (exact) mass is 304 g/mol. The van der Waals surface area contributed by atoms with Crippen molar-refractivity contribution < 1.29 is 14.4 Å². The number of nitrogens with two attached hydrogens (primary N) is 1.